The molecule has 0 saturated carbocycles. The smallest absolute Gasteiger partial charge is 0.0485 e. The first-order chi connectivity index (χ1) is 8.70. The van der Waals surface area contributed by atoms with Crippen LogP contribution in [0.1, 0.15) is 32.8 Å². The van der Waals surface area contributed by atoms with E-state index in [-0.39, 0.29) is 0 Å². The second-order valence-corrected chi connectivity index (χ2v) is 6.97. The monoisotopic (exact) mass is 321 g/mol. The van der Waals surface area contributed by atoms with Gasteiger partial charge < -0.3 is 5.32 Å². The molecule has 3 heteroatoms. The van der Waals surface area contributed by atoms with Crippen LogP contribution in [0, 0.1) is 6.92 Å². The molecule has 2 atom stereocenters. The third-order valence-electron chi connectivity index (χ3n) is 3.79. The highest BCUT2D eigenvalue weighted by molar-refractivity contribution is 9.10. The maximum absolute atomic E-state index is 3.62. The molecule has 0 aliphatic heterocycles. The van der Waals surface area contributed by atoms with Gasteiger partial charge in [-0.1, -0.05) is 24.3 Å². The Bertz CT molecular complexity index is 556. The van der Waals surface area contributed by atoms with E-state index in [1.807, 2.05) is 11.3 Å². The fourth-order valence-corrected chi connectivity index (χ4v) is 4.51. The molecule has 94 valence electrons. The zero-order valence-corrected chi connectivity index (χ0v) is 12.9. The standard InChI is InChI=1S/C15H16BrNS/c1-9-13(16)8-14(18-9)15(17-2)12-7-10-5-3-4-6-11(10)12/h3-6,8,12,15,17H,7H2,1-2H3. The average Bonchev–Trinajstić information content (AvgIpc) is 2.66. The van der Waals surface area contributed by atoms with E-state index in [4.69, 9.17) is 0 Å². The number of halogens is 1. The van der Waals surface area contributed by atoms with Crippen molar-refractivity contribution >= 4 is 27.3 Å². The molecule has 0 amide bonds. The van der Waals surface area contributed by atoms with Gasteiger partial charge in [0.2, 0.25) is 0 Å². The molecular formula is C15H16BrNS. The first-order valence-corrected chi connectivity index (χ1v) is 7.82. The molecule has 0 bridgehead atoms. The Kier molecular flexibility index (Phi) is 3.31. The summed E-state index contributed by atoms with van der Waals surface area (Å²) in [5, 5.41) is 3.49. The van der Waals surface area contributed by atoms with Gasteiger partial charge in [-0.25, -0.2) is 0 Å². The van der Waals surface area contributed by atoms with Crippen molar-refractivity contribution < 1.29 is 0 Å². The number of nitrogens with one attached hydrogen (secondary N) is 1. The number of benzene rings is 1. The molecule has 1 aliphatic rings. The Morgan fingerprint density at radius 1 is 1.39 bits per heavy atom. The number of thiophene rings is 1. The molecule has 3 rings (SSSR count). The Labute approximate surface area is 120 Å². The van der Waals surface area contributed by atoms with Crippen molar-refractivity contribution in [3.63, 3.8) is 0 Å². The topological polar surface area (TPSA) is 12.0 Å². The first-order valence-electron chi connectivity index (χ1n) is 6.21. The summed E-state index contributed by atoms with van der Waals surface area (Å²) in [7, 11) is 2.06. The molecule has 1 nitrogen and oxygen atoms in total. The summed E-state index contributed by atoms with van der Waals surface area (Å²) in [4.78, 5) is 2.79. The van der Waals surface area contributed by atoms with Crippen LogP contribution in [0.3, 0.4) is 0 Å². The number of fused-ring (bicyclic) bond motifs is 1. The molecule has 0 spiro atoms. The predicted molar refractivity (Wildman–Crippen MR) is 81.4 cm³/mol. The van der Waals surface area contributed by atoms with Crippen molar-refractivity contribution in [1.29, 1.82) is 0 Å². The van der Waals surface area contributed by atoms with Crippen molar-refractivity contribution in [2.24, 2.45) is 0 Å². The van der Waals surface area contributed by atoms with Crippen molar-refractivity contribution in [3.8, 4) is 0 Å². The van der Waals surface area contributed by atoms with E-state index in [1.54, 1.807) is 0 Å². The molecule has 1 aliphatic carbocycles. The summed E-state index contributed by atoms with van der Waals surface area (Å²) in [5.74, 6) is 0.621. The quantitative estimate of drug-likeness (QED) is 0.882. The Morgan fingerprint density at radius 2 is 2.17 bits per heavy atom. The van der Waals surface area contributed by atoms with Gasteiger partial charge in [0.05, 0.1) is 0 Å². The van der Waals surface area contributed by atoms with Crippen LogP contribution in [-0.2, 0) is 6.42 Å². The Hall–Kier alpha value is -0.640. The number of likely N-dealkylation sites (N-methyl/N-ethyl adjacent to an activating group) is 1. The number of hydrogen-bond donors (Lipinski definition) is 1. The minimum atomic E-state index is 0.440. The van der Waals surface area contributed by atoms with E-state index in [9.17, 15) is 0 Å². The molecule has 0 fully saturated rings. The minimum Gasteiger partial charge on any atom is -0.312 e. The van der Waals surface area contributed by atoms with Crippen molar-refractivity contribution in [1.82, 2.24) is 5.32 Å². The van der Waals surface area contributed by atoms with E-state index in [2.05, 4.69) is 65.5 Å². The summed E-state index contributed by atoms with van der Waals surface area (Å²) in [6.45, 7) is 2.17. The van der Waals surface area contributed by atoms with Crippen molar-refractivity contribution in [3.05, 3.63) is 55.7 Å². The van der Waals surface area contributed by atoms with Crippen LogP contribution in [0.25, 0.3) is 0 Å². The van der Waals surface area contributed by atoms with E-state index < -0.39 is 0 Å². The van der Waals surface area contributed by atoms with Crippen LogP contribution in [0.15, 0.2) is 34.8 Å². The number of aryl methyl sites for hydroxylation is 1. The zero-order chi connectivity index (χ0) is 12.7. The van der Waals surface area contributed by atoms with E-state index >= 15 is 0 Å². The summed E-state index contributed by atoms with van der Waals surface area (Å²) in [6.07, 6.45) is 1.19. The summed E-state index contributed by atoms with van der Waals surface area (Å²) >= 11 is 5.51. The molecule has 1 heterocycles. The highest BCUT2D eigenvalue weighted by Gasteiger charge is 2.33. The molecule has 1 N–H and O–H groups in total. The SMILES string of the molecule is CNC(c1cc(Br)c(C)s1)C1Cc2ccccc21. The van der Waals surface area contributed by atoms with Gasteiger partial charge >= 0.3 is 0 Å². The van der Waals surface area contributed by atoms with Crippen LogP contribution >= 0.6 is 27.3 Å². The molecular weight excluding hydrogens is 306 g/mol. The van der Waals surface area contributed by atoms with Crippen LogP contribution < -0.4 is 5.32 Å². The van der Waals surface area contributed by atoms with E-state index in [1.165, 1.54) is 31.8 Å². The normalized spacial score (nSPS) is 19.2. The Balaban J connectivity index is 1.91. The third-order valence-corrected chi connectivity index (χ3v) is 6.01. The van der Waals surface area contributed by atoms with Crippen molar-refractivity contribution in [2.75, 3.05) is 7.05 Å². The summed E-state index contributed by atoms with van der Waals surface area (Å²) < 4.78 is 1.23. The van der Waals surface area contributed by atoms with Gasteiger partial charge in [-0.15, -0.1) is 11.3 Å². The van der Waals surface area contributed by atoms with Gasteiger partial charge in [-0.2, -0.15) is 0 Å². The lowest BCUT2D eigenvalue weighted by Gasteiger charge is -2.36. The van der Waals surface area contributed by atoms with Gasteiger partial charge in [0.15, 0.2) is 0 Å². The summed E-state index contributed by atoms with van der Waals surface area (Å²) in [5.41, 5.74) is 3.02. The molecule has 2 unspecified atom stereocenters. The minimum absolute atomic E-state index is 0.440. The lowest BCUT2D eigenvalue weighted by atomic mass is 9.73. The van der Waals surface area contributed by atoms with Crippen LogP contribution in [0.4, 0.5) is 0 Å². The highest BCUT2D eigenvalue weighted by Crippen LogP contribution is 2.45. The second-order valence-electron chi connectivity index (χ2n) is 4.83. The molecule has 0 radical (unpaired) electrons. The predicted octanol–water partition coefficient (Wildman–Crippen LogP) is 4.42. The van der Waals surface area contributed by atoms with Crippen molar-refractivity contribution in [2.45, 2.75) is 25.3 Å². The lowest BCUT2D eigenvalue weighted by molar-refractivity contribution is 0.444. The van der Waals surface area contributed by atoms with Gasteiger partial charge in [0.1, 0.15) is 0 Å². The second kappa shape index (κ2) is 4.80. The average molecular weight is 322 g/mol. The molecule has 1 aromatic carbocycles. The van der Waals surface area contributed by atoms with Crippen LogP contribution in [0.2, 0.25) is 0 Å². The van der Waals surface area contributed by atoms with E-state index in [0.717, 1.165) is 0 Å². The van der Waals surface area contributed by atoms with Gasteiger partial charge in [-0.3, -0.25) is 0 Å². The maximum Gasteiger partial charge on any atom is 0.0485 e. The molecule has 2 aromatic rings. The molecule has 1 aromatic heterocycles. The van der Waals surface area contributed by atoms with Gasteiger partial charge in [-0.05, 0) is 53.5 Å². The van der Waals surface area contributed by atoms with Crippen LogP contribution in [0.5, 0.6) is 0 Å². The first kappa shape index (κ1) is 12.4. The molecule has 0 saturated heterocycles. The number of rotatable bonds is 3. The fourth-order valence-electron chi connectivity index (χ4n) is 2.77. The van der Waals surface area contributed by atoms with E-state index in [0.29, 0.717) is 12.0 Å². The Morgan fingerprint density at radius 3 is 2.78 bits per heavy atom. The van der Waals surface area contributed by atoms with Gasteiger partial charge in [0.25, 0.3) is 0 Å². The molecule has 18 heavy (non-hydrogen) atoms. The fraction of sp³-hybridized carbons (Fsp3) is 0.333. The maximum atomic E-state index is 3.62. The van der Waals surface area contributed by atoms with Crippen LogP contribution in [-0.4, -0.2) is 7.05 Å². The zero-order valence-electron chi connectivity index (χ0n) is 10.5. The summed E-state index contributed by atoms with van der Waals surface area (Å²) in [6, 6.07) is 11.5. The number of hydrogen-bond acceptors (Lipinski definition) is 2. The van der Waals surface area contributed by atoms with Gasteiger partial charge in [0, 0.05) is 26.2 Å². The largest absolute Gasteiger partial charge is 0.312 e. The highest BCUT2D eigenvalue weighted by atomic mass is 79.9. The lowest BCUT2D eigenvalue weighted by Crippen LogP contribution is -2.30. The third kappa shape index (κ3) is 1.94.